The average molecular weight is 401 g/mol. The van der Waals surface area contributed by atoms with Crippen LogP contribution >= 0.6 is 11.6 Å². The lowest BCUT2D eigenvalue weighted by Gasteiger charge is -2.26. The first kappa shape index (κ1) is 20.5. The second-order valence-corrected chi connectivity index (χ2v) is 7.58. The highest BCUT2D eigenvalue weighted by Gasteiger charge is 2.18. The maximum absolute atomic E-state index is 13.2. The van der Waals surface area contributed by atoms with Crippen molar-refractivity contribution >= 4 is 11.6 Å². The van der Waals surface area contributed by atoms with Gasteiger partial charge in [0.1, 0.15) is 5.82 Å². The fourth-order valence-electron chi connectivity index (χ4n) is 3.41. The molecule has 28 heavy (non-hydrogen) atoms. The third-order valence-electron chi connectivity index (χ3n) is 5.04. The van der Waals surface area contributed by atoms with Gasteiger partial charge in [-0.05, 0) is 63.8 Å². The number of aryl methyl sites for hydroxylation is 1. The number of aromatic nitrogens is 2. The quantitative estimate of drug-likeness (QED) is 0.625. The van der Waals surface area contributed by atoms with Crippen molar-refractivity contribution in [2.45, 2.75) is 26.4 Å². The number of likely N-dealkylation sites (N-methyl/N-ethyl adjacent to an activating group) is 1. The molecular formula is C22H26ClFN4. The largest absolute Gasteiger partial charge is 0.311 e. The van der Waals surface area contributed by atoms with Crippen LogP contribution in [0.1, 0.15) is 28.6 Å². The number of rotatable bonds is 7. The highest BCUT2D eigenvalue weighted by Crippen LogP contribution is 2.26. The Kier molecular flexibility index (Phi) is 6.50. The maximum Gasteiger partial charge on any atom is 0.123 e. The van der Waals surface area contributed by atoms with Gasteiger partial charge in [-0.25, -0.2) is 9.07 Å². The fourth-order valence-corrected chi connectivity index (χ4v) is 3.68. The first-order chi connectivity index (χ1) is 13.4. The monoisotopic (exact) mass is 400 g/mol. The zero-order chi connectivity index (χ0) is 20.3. The second kappa shape index (κ2) is 8.86. The second-order valence-electron chi connectivity index (χ2n) is 7.17. The molecular weight excluding hydrogens is 375 g/mol. The van der Waals surface area contributed by atoms with E-state index in [4.69, 9.17) is 11.6 Å². The van der Waals surface area contributed by atoms with Crippen molar-refractivity contribution in [1.82, 2.24) is 20.0 Å². The van der Waals surface area contributed by atoms with Gasteiger partial charge >= 0.3 is 0 Å². The van der Waals surface area contributed by atoms with E-state index in [0.29, 0.717) is 6.54 Å². The first-order valence-electron chi connectivity index (χ1n) is 9.31. The molecule has 0 fully saturated rings. The van der Waals surface area contributed by atoms with Crippen molar-refractivity contribution in [2.75, 3.05) is 20.6 Å². The molecule has 0 saturated heterocycles. The van der Waals surface area contributed by atoms with Gasteiger partial charge in [-0.3, -0.25) is 0 Å². The van der Waals surface area contributed by atoms with Crippen LogP contribution in [0.25, 0.3) is 5.69 Å². The molecule has 1 atom stereocenters. The van der Waals surface area contributed by atoms with Crippen molar-refractivity contribution in [3.8, 4) is 5.69 Å². The lowest BCUT2D eigenvalue weighted by molar-refractivity contribution is 0.288. The Morgan fingerprint density at radius 1 is 1.11 bits per heavy atom. The van der Waals surface area contributed by atoms with E-state index in [1.165, 1.54) is 12.1 Å². The van der Waals surface area contributed by atoms with Crippen LogP contribution < -0.4 is 5.32 Å². The summed E-state index contributed by atoms with van der Waals surface area (Å²) in [5.41, 5.74) is 5.14. The van der Waals surface area contributed by atoms with Gasteiger partial charge in [0, 0.05) is 35.4 Å². The molecule has 0 amide bonds. The standard InChI is InChI=1S/C22H26ClFN4/c1-15-20(16(2)28(26-15)18-11-9-17(24)10-12-18)13-25-14-22(27(3)4)19-7-5-6-8-21(19)23/h5-12,22,25H,13-14H2,1-4H3. The summed E-state index contributed by atoms with van der Waals surface area (Å²) in [6.07, 6.45) is 0. The van der Waals surface area contributed by atoms with Crippen molar-refractivity contribution in [3.63, 3.8) is 0 Å². The maximum atomic E-state index is 13.2. The summed E-state index contributed by atoms with van der Waals surface area (Å²) in [5.74, 6) is -0.249. The van der Waals surface area contributed by atoms with Gasteiger partial charge in [-0.15, -0.1) is 0 Å². The zero-order valence-corrected chi connectivity index (χ0v) is 17.5. The van der Waals surface area contributed by atoms with E-state index in [0.717, 1.165) is 39.8 Å². The molecule has 3 rings (SSSR count). The number of benzene rings is 2. The van der Waals surface area contributed by atoms with Crippen LogP contribution in [0.2, 0.25) is 5.02 Å². The third kappa shape index (κ3) is 4.43. The molecule has 1 heterocycles. The van der Waals surface area contributed by atoms with Crippen LogP contribution in [0, 0.1) is 19.7 Å². The van der Waals surface area contributed by atoms with Crippen LogP contribution in [0.5, 0.6) is 0 Å². The molecule has 1 unspecified atom stereocenters. The zero-order valence-electron chi connectivity index (χ0n) is 16.7. The summed E-state index contributed by atoms with van der Waals surface area (Å²) in [5, 5.41) is 8.97. The van der Waals surface area contributed by atoms with Crippen LogP contribution in [0.4, 0.5) is 4.39 Å². The van der Waals surface area contributed by atoms with Gasteiger partial charge in [0.25, 0.3) is 0 Å². The fraction of sp³-hybridized carbons (Fsp3) is 0.318. The minimum absolute atomic E-state index is 0.168. The van der Waals surface area contributed by atoms with E-state index in [2.05, 4.69) is 35.5 Å². The first-order valence-corrected chi connectivity index (χ1v) is 9.69. The van der Waals surface area contributed by atoms with E-state index in [1.54, 1.807) is 12.1 Å². The Labute approximate surface area is 170 Å². The predicted octanol–water partition coefficient (Wildman–Crippen LogP) is 4.67. The Balaban J connectivity index is 1.74. The minimum Gasteiger partial charge on any atom is -0.311 e. The van der Waals surface area contributed by atoms with Crippen molar-refractivity contribution < 1.29 is 4.39 Å². The molecule has 0 aliphatic rings. The smallest absolute Gasteiger partial charge is 0.123 e. The van der Waals surface area contributed by atoms with E-state index in [1.807, 2.05) is 36.7 Å². The van der Waals surface area contributed by atoms with Crippen LogP contribution in [0.15, 0.2) is 48.5 Å². The van der Waals surface area contributed by atoms with Crippen LogP contribution in [-0.4, -0.2) is 35.3 Å². The topological polar surface area (TPSA) is 33.1 Å². The molecule has 0 spiro atoms. The lowest BCUT2D eigenvalue weighted by atomic mass is 10.1. The molecule has 0 radical (unpaired) electrons. The number of nitrogens with zero attached hydrogens (tertiary/aromatic N) is 3. The average Bonchev–Trinajstić information content (AvgIpc) is 2.94. The van der Waals surface area contributed by atoms with E-state index < -0.39 is 0 Å². The number of halogens is 2. The predicted molar refractivity (Wildman–Crippen MR) is 113 cm³/mol. The van der Waals surface area contributed by atoms with Crippen molar-refractivity contribution in [2.24, 2.45) is 0 Å². The Morgan fingerprint density at radius 3 is 2.43 bits per heavy atom. The molecule has 0 saturated carbocycles. The van der Waals surface area contributed by atoms with E-state index in [9.17, 15) is 4.39 Å². The minimum atomic E-state index is -0.249. The van der Waals surface area contributed by atoms with Gasteiger partial charge < -0.3 is 10.2 Å². The molecule has 6 heteroatoms. The molecule has 4 nitrogen and oxygen atoms in total. The molecule has 3 aromatic rings. The number of hydrogen-bond donors (Lipinski definition) is 1. The van der Waals surface area contributed by atoms with Crippen LogP contribution in [-0.2, 0) is 6.54 Å². The summed E-state index contributed by atoms with van der Waals surface area (Å²) >= 11 is 6.40. The molecule has 0 aliphatic carbocycles. The summed E-state index contributed by atoms with van der Waals surface area (Å²) < 4.78 is 15.1. The molecule has 2 aromatic carbocycles. The van der Waals surface area contributed by atoms with Gasteiger partial charge in [-0.2, -0.15) is 5.10 Å². The molecule has 1 N–H and O–H groups in total. The van der Waals surface area contributed by atoms with Crippen molar-refractivity contribution in [3.05, 3.63) is 81.9 Å². The summed E-state index contributed by atoms with van der Waals surface area (Å²) in [6, 6.07) is 14.5. The molecule has 1 aromatic heterocycles. The summed E-state index contributed by atoms with van der Waals surface area (Å²) in [7, 11) is 4.11. The SMILES string of the molecule is Cc1nn(-c2ccc(F)cc2)c(C)c1CNCC(c1ccccc1Cl)N(C)C. The lowest BCUT2D eigenvalue weighted by Crippen LogP contribution is -2.31. The number of hydrogen-bond acceptors (Lipinski definition) is 3. The molecule has 148 valence electrons. The van der Waals surface area contributed by atoms with E-state index >= 15 is 0 Å². The third-order valence-corrected chi connectivity index (χ3v) is 5.38. The van der Waals surface area contributed by atoms with Gasteiger partial charge in [-0.1, -0.05) is 29.8 Å². The summed E-state index contributed by atoms with van der Waals surface area (Å²) in [4.78, 5) is 2.16. The molecule has 0 aliphatic heterocycles. The van der Waals surface area contributed by atoms with Gasteiger partial charge in [0.05, 0.1) is 11.4 Å². The van der Waals surface area contributed by atoms with Gasteiger partial charge in [0.15, 0.2) is 0 Å². The normalized spacial score (nSPS) is 12.5. The molecule has 0 bridgehead atoms. The Hall–Kier alpha value is -2.21. The highest BCUT2D eigenvalue weighted by molar-refractivity contribution is 6.31. The Bertz CT molecular complexity index is 934. The highest BCUT2D eigenvalue weighted by atomic mass is 35.5. The van der Waals surface area contributed by atoms with Gasteiger partial charge in [0.2, 0.25) is 0 Å². The Morgan fingerprint density at radius 2 is 1.79 bits per heavy atom. The van der Waals surface area contributed by atoms with Crippen LogP contribution in [0.3, 0.4) is 0 Å². The van der Waals surface area contributed by atoms with Crippen molar-refractivity contribution in [1.29, 1.82) is 0 Å². The van der Waals surface area contributed by atoms with E-state index in [-0.39, 0.29) is 11.9 Å². The summed E-state index contributed by atoms with van der Waals surface area (Å²) in [6.45, 7) is 5.50. The number of nitrogens with one attached hydrogen (secondary N) is 1.